The van der Waals surface area contributed by atoms with E-state index in [2.05, 4.69) is 43.6 Å². The summed E-state index contributed by atoms with van der Waals surface area (Å²) in [6, 6.07) is 3.59. The van der Waals surface area contributed by atoms with Crippen LogP contribution in [0.25, 0.3) is 0 Å². The van der Waals surface area contributed by atoms with Crippen molar-refractivity contribution in [2.24, 2.45) is 7.05 Å². The van der Waals surface area contributed by atoms with Crippen LogP contribution < -0.4 is 15.5 Å². The molecule has 1 fully saturated rings. The second-order valence-corrected chi connectivity index (χ2v) is 6.70. The zero-order chi connectivity index (χ0) is 18.5. The molecular weight excluding hydrogens is 330 g/mol. The van der Waals surface area contributed by atoms with Gasteiger partial charge in [0.15, 0.2) is 0 Å². The molecule has 8 heteroatoms. The highest BCUT2D eigenvalue weighted by atomic mass is 16.2. The summed E-state index contributed by atoms with van der Waals surface area (Å²) in [7, 11) is 5.75. The van der Waals surface area contributed by atoms with Gasteiger partial charge in [-0.25, -0.2) is 4.98 Å². The number of piperazine rings is 1. The third-order valence-corrected chi connectivity index (χ3v) is 4.71. The van der Waals surface area contributed by atoms with E-state index in [1.807, 2.05) is 25.5 Å². The Morgan fingerprint density at radius 1 is 1.27 bits per heavy atom. The summed E-state index contributed by atoms with van der Waals surface area (Å²) in [5, 5.41) is 10.2. The average Bonchev–Trinajstić information content (AvgIpc) is 3.07. The van der Waals surface area contributed by atoms with Gasteiger partial charge in [-0.15, -0.1) is 0 Å². The van der Waals surface area contributed by atoms with Crippen molar-refractivity contribution in [3.8, 4) is 0 Å². The highest BCUT2D eigenvalue weighted by Gasteiger charge is 2.20. The van der Waals surface area contributed by atoms with E-state index in [0.29, 0.717) is 6.54 Å². The van der Waals surface area contributed by atoms with Crippen LogP contribution in [-0.2, 0) is 18.4 Å². The van der Waals surface area contributed by atoms with Crippen LogP contribution in [-0.4, -0.2) is 65.8 Å². The molecule has 3 heterocycles. The Hall–Kier alpha value is -2.45. The Balaban J connectivity index is 1.60. The number of rotatable bonds is 6. The smallest absolute Gasteiger partial charge is 0.242 e. The van der Waals surface area contributed by atoms with Crippen LogP contribution in [0.4, 0.5) is 5.82 Å². The molecule has 0 spiro atoms. The quantitative estimate of drug-likeness (QED) is 0.766. The van der Waals surface area contributed by atoms with E-state index < -0.39 is 6.04 Å². The van der Waals surface area contributed by atoms with Gasteiger partial charge in [0.2, 0.25) is 5.91 Å². The zero-order valence-corrected chi connectivity index (χ0v) is 15.6. The summed E-state index contributed by atoms with van der Waals surface area (Å²) in [4.78, 5) is 21.6. The minimum absolute atomic E-state index is 0.0709. The molecule has 2 aromatic rings. The van der Waals surface area contributed by atoms with Crippen molar-refractivity contribution in [1.29, 1.82) is 0 Å². The number of carbonyl (C=O) groups excluding carboxylic acids is 1. The van der Waals surface area contributed by atoms with Crippen LogP contribution >= 0.6 is 0 Å². The Kier molecular flexibility index (Phi) is 5.85. The summed E-state index contributed by atoms with van der Waals surface area (Å²) in [6.07, 6.45) is 5.36. The molecule has 0 aliphatic carbocycles. The topological polar surface area (TPSA) is 78.3 Å². The fraction of sp³-hybridized carbons (Fsp3) is 0.500. The molecule has 1 unspecified atom stereocenters. The van der Waals surface area contributed by atoms with Crippen molar-refractivity contribution < 1.29 is 4.79 Å². The Labute approximate surface area is 154 Å². The summed E-state index contributed by atoms with van der Waals surface area (Å²) in [6.45, 7) is 4.50. The van der Waals surface area contributed by atoms with Gasteiger partial charge in [0.1, 0.15) is 11.9 Å². The van der Waals surface area contributed by atoms with Gasteiger partial charge in [-0.2, -0.15) is 5.10 Å². The lowest BCUT2D eigenvalue weighted by atomic mass is 10.1. The largest absolute Gasteiger partial charge is 0.354 e. The number of nitrogens with one attached hydrogen (secondary N) is 2. The molecule has 2 N–H and O–H groups in total. The fourth-order valence-corrected chi connectivity index (χ4v) is 3.11. The standard InChI is InChI=1S/C18H27N7O/c1-19-17(15-12-22-24(3)13-15)18(26)21-11-14-4-5-20-16(10-14)25-8-6-23(2)7-9-25/h4-5,10,12-13,17,19H,6-9,11H2,1-3H3,(H,21,26). The molecule has 0 bridgehead atoms. The van der Waals surface area contributed by atoms with E-state index in [0.717, 1.165) is 43.1 Å². The third kappa shape index (κ3) is 4.39. The summed E-state index contributed by atoms with van der Waals surface area (Å²) < 4.78 is 1.69. The van der Waals surface area contributed by atoms with Gasteiger partial charge >= 0.3 is 0 Å². The maximum absolute atomic E-state index is 12.5. The first-order valence-corrected chi connectivity index (χ1v) is 8.89. The molecule has 1 saturated heterocycles. The van der Waals surface area contributed by atoms with Crippen molar-refractivity contribution >= 4 is 11.7 Å². The predicted molar refractivity (Wildman–Crippen MR) is 101 cm³/mol. The molecule has 0 saturated carbocycles. The van der Waals surface area contributed by atoms with Crippen molar-refractivity contribution in [3.63, 3.8) is 0 Å². The highest BCUT2D eigenvalue weighted by molar-refractivity contribution is 5.83. The number of anilines is 1. The maximum Gasteiger partial charge on any atom is 0.242 e. The van der Waals surface area contributed by atoms with Gasteiger partial charge < -0.3 is 20.4 Å². The Morgan fingerprint density at radius 2 is 2.04 bits per heavy atom. The van der Waals surface area contributed by atoms with Gasteiger partial charge in [0, 0.05) is 57.7 Å². The van der Waals surface area contributed by atoms with Crippen LogP contribution in [0.15, 0.2) is 30.7 Å². The number of hydrogen-bond donors (Lipinski definition) is 2. The number of amides is 1. The van der Waals surface area contributed by atoms with E-state index in [9.17, 15) is 4.79 Å². The molecule has 0 radical (unpaired) electrons. The first kappa shape index (κ1) is 18.3. The van der Waals surface area contributed by atoms with Crippen LogP contribution in [0, 0.1) is 0 Å². The predicted octanol–water partition coefficient (Wildman–Crippen LogP) is 0.144. The summed E-state index contributed by atoms with van der Waals surface area (Å²) >= 11 is 0. The minimum atomic E-state index is -0.414. The van der Waals surface area contributed by atoms with E-state index in [4.69, 9.17) is 0 Å². The molecular formula is C18H27N7O. The molecule has 1 amide bonds. The van der Waals surface area contributed by atoms with Gasteiger partial charge in [-0.3, -0.25) is 9.48 Å². The van der Waals surface area contributed by atoms with Gasteiger partial charge in [-0.05, 0) is 31.8 Å². The lowest BCUT2D eigenvalue weighted by Crippen LogP contribution is -2.44. The number of likely N-dealkylation sites (N-methyl/N-ethyl adjacent to an activating group) is 2. The van der Waals surface area contributed by atoms with E-state index in [1.165, 1.54) is 0 Å². The number of nitrogens with zero attached hydrogens (tertiary/aromatic N) is 5. The third-order valence-electron chi connectivity index (χ3n) is 4.71. The summed E-state index contributed by atoms with van der Waals surface area (Å²) in [5.41, 5.74) is 1.89. The highest BCUT2D eigenvalue weighted by Crippen LogP contribution is 2.15. The molecule has 1 aliphatic rings. The molecule has 3 rings (SSSR count). The SMILES string of the molecule is CNC(C(=O)NCc1ccnc(N2CCN(C)CC2)c1)c1cnn(C)c1. The van der Waals surface area contributed by atoms with E-state index >= 15 is 0 Å². The fourth-order valence-electron chi connectivity index (χ4n) is 3.11. The van der Waals surface area contributed by atoms with E-state index in [-0.39, 0.29) is 5.91 Å². The number of pyridine rings is 1. The summed E-state index contributed by atoms with van der Waals surface area (Å²) in [5.74, 6) is 0.903. The normalized spacial score (nSPS) is 16.5. The molecule has 8 nitrogen and oxygen atoms in total. The molecule has 0 aromatic carbocycles. The van der Waals surface area contributed by atoms with Crippen molar-refractivity contribution in [2.45, 2.75) is 12.6 Å². The monoisotopic (exact) mass is 357 g/mol. The van der Waals surface area contributed by atoms with Crippen molar-refractivity contribution in [1.82, 2.24) is 30.3 Å². The van der Waals surface area contributed by atoms with Gasteiger partial charge in [-0.1, -0.05) is 0 Å². The van der Waals surface area contributed by atoms with Crippen molar-refractivity contribution in [2.75, 3.05) is 45.2 Å². The minimum Gasteiger partial charge on any atom is -0.354 e. The molecule has 1 atom stereocenters. The Morgan fingerprint density at radius 3 is 2.69 bits per heavy atom. The number of aromatic nitrogens is 3. The molecule has 26 heavy (non-hydrogen) atoms. The first-order chi connectivity index (χ1) is 12.6. The molecule has 1 aliphatic heterocycles. The second kappa shape index (κ2) is 8.29. The Bertz CT molecular complexity index is 737. The number of hydrogen-bond acceptors (Lipinski definition) is 6. The number of aryl methyl sites for hydroxylation is 1. The van der Waals surface area contributed by atoms with Gasteiger partial charge in [0.05, 0.1) is 6.20 Å². The van der Waals surface area contributed by atoms with Crippen LogP contribution in [0.3, 0.4) is 0 Å². The van der Waals surface area contributed by atoms with E-state index in [1.54, 1.807) is 17.9 Å². The van der Waals surface area contributed by atoms with Gasteiger partial charge in [0.25, 0.3) is 0 Å². The van der Waals surface area contributed by atoms with Crippen LogP contribution in [0.2, 0.25) is 0 Å². The number of carbonyl (C=O) groups is 1. The van der Waals surface area contributed by atoms with Crippen molar-refractivity contribution in [3.05, 3.63) is 41.9 Å². The second-order valence-electron chi connectivity index (χ2n) is 6.70. The van der Waals surface area contributed by atoms with Crippen LogP contribution in [0.1, 0.15) is 17.2 Å². The zero-order valence-electron chi connectivity index (χ0n) is 15.6. The average molecular weight is 357 g/mol. The lowest BCUT2D eigenvalue weighted by molar-refractivity contribution is -0.123. The van der Waals surface area contributed by atoms with Crippen LogP contribution in [0.5, 0.6) is 0 Å². The lowest BCUT2D eigenvalue weighted by Gasteiger charge is -2.33. The molecule has 140 valence electrons. The first-order valence-electron chi connectivity index (χ1n) is 8.89. The molecule has 2 aromatic heterocycles. The maximum atomic E-state index is 12.5.